The van der Waals surface area contributed by atoms with Crippen LogP contribution in [0.5, 0.6) is 0 Å². The lowest BCUT2D eigenvalue weighted by Crippen LogP contribution is -2.34. The summed E-state index contributed by atoms with van der Waals surface area (Å²) in [7, 11) is 0. The molecular weight excluding hydrogens is 356 g/mol. The first-order valence-corrected chi connectivity index (χ1v) is 10.6. The summed E-state index contributed by atoms with van der Waals surface area (Å²) < 4.78 is 0. The lowest BCUT2D eigenvalue weighted by atomic mass is 9.63. The van der Waals surface area contributed by atoms with Crippen LogP contribution in [-0.2, 0) is 10.8 Å². The third-order valence-corrected chi connectivity index (χ3v) is 6.92. The van der Waals surface area contributed by atoms with E-state index in [1.165, 1.54) is 17.5 Å². The Kier molecular flexibility index (Phi) is 5.62. The maximum Gasteiger partial charge on any atom is 0.159 e. The molecule has 2 nitrogen and oxygen atoms in total. The van der Waals surface area contributed by atoms with Gasteiger partial charge in [-0.25, -0.2) is 0 Å². The molecule has 2 heteroatoms. The summed E-state index contributed by atoms with van der Waals surface area (Å²) in [6.45, 7) is 14.9. The maximum absolute atomic E-state index is 11.5. The number of carbonyl (C=O) groups excluding carboxylic acids is 1. The Morgan fingerprint density at radius 3 is 1.90 bits per heavy atom. The number of carbonyl (C=O) groups is 1. The monoisotopic (exact) mass is 390 g/mol. The van der Waals surface area contributed by atoms with Crippen molar-refractivity contribution in [3.63, 3.8) is 0 Å². The number of fused-ring (bicyclic) bond motifs is 1. The second-order valence-corrected chi connectivity index (χ2v) is 9.92. The number of hydrogen-bond donors (Lipinski definition) is 1. The number of aliphatic hydroxyl groups excluding tert-OH is 1. The zero-order valence-electron chi connectivity index (χ0n) is 18.9. The third-order valence-electron chi connectivity index (χ3n) is 6.92. The molecule has 3 rings (SSSR count). The first-order valence-electron chi connectivity index (χ1n) is 10.6. The molecule has 1 atom stereocenters. The lowest BCUT2D eigenvalue weighted by molar-refractivity contribution is 0.101. The second kappa shape index (κ2) is 7.57. The maximum atomic E-state index is 11.5. The fourth-order valence-electron chi connectivity index (χ4n) is 4.41. The molecule has 0 radical (unpaired) electrons. The highest BCUT2D eigenvalue weighted by atomic mass is 16.3. The van der Waals surface area contributed by atoms with Crippen LogP contribution >= 0.6 is 0 Å². The van der Waals surface area contributed by atoms with Crippen LogP contribution in [0.2, 0.25) is 0 Å². The fraction of sp³-hybridized carbons (Fsp3) is 0.444. The van der Waals surface area contributed by atoms with E-state index in [9.17, 15) is 9.90 Å². The summed E-state index contributed by atoms with van der Waals surface area (Å²) in [4.78, 5) is 11.5. The average molecular weight is 391 g/mol. The van der Waals surface area contributed by atoms with E-state index in [4.69, 9.17) is 0 Å². The Hall–Kier alpha value is -2.19. The summed E-state index contributed by atoms with van der Waals surface area (Å²) in [6.07, 6.45) is 1.69. The minimum absolute atomic E-state index is 0.0644. The van der Waals surface area contributed by atoms with Gasteiger partial charge in [0.2, 0.25) is 0 Å². The van der Waals surface area contributed by atoms with E-state index < -0.39 is 6.10 Å². The predicted molar refractivity (Wildman–Crippen MR) is 121 cm³/mol. The van der Waals surface area contributed by atoms with Crippen molar-refractivity contribution in [2.24, 2.45) is 0 Å². The van der Waals surface area contributed by atoms with Gasteiger partial charge in [-0.1, -0.05) is 70.2 Å². The molecule has 0 bridgehead atoms. The lowest BCUT2D eigenvalue weighted by Gasteiger charge is -2.42. The smallest absolute Gasteiger partial charge is 0.159 e. The molecule has 0 saturated heterocycles. The van der Waals surface area contributed by atoms with Gasteiger partial charge in [-0.15, -0.1) is 0 Å². The van der Waals surface area contributed by atoms with E-state index in [1.807, 2.05) is 38.1 Å². The molecular formula is C27H34O2. The molecule has 1 unspecified atom stereocenters. The van der Waals surface area contributed by atoms with Crippen LogP contribution in [0.1, 0.15) is 100 Å². The van der Waals surface area contributed by atoms with Crippen LogP contribution in [0.15, 0.2) is 48.0 Å². The highest BCUT2D eigenvalue weighted by molar-refractivity contribution is 5.94. The largest absolute Gasteiger partial charge is 0.384 e. The Morgan fingerprint density at radius 1 is 0.828 bits per heavy atom. The van der Waals surface area contributed by atoms with Crippen molar-refractivity contribution in [1.29, 1.82) is 0 Å². The Morgan fingerprint density at radius 2 is 1.34 bits per heavy atom. The van der Waals surface area contributed by atoms with Crippen LogP contribution in [0.25, 0.3) is 5.57 Å². The Labute approximate surface area is 175 Å². The summed E-state index contributed by atoms with van der Waals surface area (Å²) in [5.41, 5.74) is 7.74. The van der Waals surface area contributed by atoms with Crippen LogP contribution < -0.4 is 0 Å². The van der Waals surface area contributed by atoms with Gasteiger partial charge < -0.3 is 5.11 Å². The van der Waals surface area contributed by atoms with Crippen molar-refractivity contribution < 1.29 is 9.90 Å². The summed E-state index contributed by atoms with van der Waals surface area (Å²) in [5.74, 6) is 0.0644. The molecule has 2 aromatic rings. The molecule has 1 aliphatic carbocycles. The van der Waals surface area contributed by atoms with Crippen molar-refractivity contribution in [3.8, 4) is 0 Å². The molecule has 0 saturated carbocycles. The van der Waals surface area contributed by atoms with Gasteiger partial charge in [0, 0.05) is 5.56 Å². The van der Waals surface area contributed by atoms with Crippen molar-refractivity contribution in [1.82, 2.24) is 0 Å². The van der Waals surface area contributed by atoms with Gasteiger partial charge in [-0.2, -0.15) is 0 Å². The molecule has 1 N–H and O–H groups in total. The summed E-state index contributed by atoms with van der Waals surface area (Å²) in [5, 5.41) is 11.2. The second-order valence-electron chi connectivity index (χ2n) is 9.92. The van der Waals surface area contributed by atoms with E-state index in [0.29, 0.717) is 5.56 Å². The van der Waals surface area contributed by atoms with Crippen molar-refractivity contribution in [2.45, 2.75) is 78.2 Å². The molecule has 0 aliphatic heterocycles. The van der Waals surface area contributed by atoms with Crippen LogP contribution in [-0.4, -0.2) is 10.9 Å². The average Bonchev–Trinajstić information content (AvgIpc) is 2.69. The minimum atomic E-state index is -0.645. The van der Waals surface area contributed by atoms with E-state index in [1.54, 1.807) is 6.92 Å². The van der Waals surface area contributed by atoms with Gasteiger partial charge in [-0.3, -0.25) is 4.79 Å². The Balaban J connectivity index is 1.98. The number of hydrogen-bond acceptors (Lipinski definition) is 2. The SMILES string of the molecule is CC(=O)c1ccc(/C(C)=C(\C)C(O)c2ccc3c(c2)C(C)(C)CCC3(C)C)cc1. The number of benzene rings is 2. The number of rotatable bonds is 4. The number of allylic oxidation sites excluding steroid dienone is 1. The predicted octanol–water partition coefficient (Wildman–Crippen LogP) is 6.77. The van der Waals surface area contributed by atoms with Gasteiger partial charge in [-0.05, 0) is 77.8 Å². The van der Waals surface area contributed by atoms with Crippen molar-refractivity contribution >= 4 is 11.4 Å². The summed E-state index contributed by atoms with van der Waals surface area (Å²) in [6, 6.07) is 14.1. The minimum Gasteiger partial charge on any atom is -0.384 e. The van der Waals surface area contributed by atoms with Gasteiger partial charge in [0.05, 0.1) is 0 Å². The highest BCUT2D eigenvalue weighted by Gasteiger charge is 2.37. The van der Waals surface area contributed by atoms with E-state index in [0.717, 1.165) is 28.7 Å². The topological polar surface area (TPSA) is 37.3 Å². The molecule has 1 aliphatic rings. The van der Waals surface area contributed by atoms with E-state index in [-0.39, 0.29) is 16.6 Å². The number of aliphatic hydroxyl groups is 1. The molecule has 0 heterocycles. The molecule has 154 valence electrons. The van der Waals surface area contributed by atoms with Gasteiger partial charge in [0.1, 0.15) is 6.10 Å². The fourth-order valence-corrected chi connectivity index (χ4v) is 4.41. The van der Waals surface area contributed by atoms with Crippen LogP contribution in [0, 0.1) is 0 Å². The third kappa shape index (κ3) is 4.09. The van der Waals surface area contributed by atoms with Gasteiger partial charge in [0.15, 0.2) is 5.78 Å². The molecule has 0 aromatic heterocycles. The van der Waals surface area contributed by atoms with Crippen LogP contribution in [0.4, 0.5) is 0 Å². The molecule has 0 spiro atoms. The van der Waals surface area contributed by atoms with Gasteiger partial charge in [0.25, 0.3) is 0 Å². The zero-order chi connectivity index (χ0) is 21.6. The normalized spacial score (nSPS) is 19.2. The molecule has 29 heavy (non-hydrogen) atoms. The van der Waals surface area contributed by atoms with Crippen molar-refractivity contribution in [2.75, 3.05) is 0 Å². The first-order chi connectivity index (χ1) is 13.4. The molecule has 0 amide bonds. The summed E-state index contributed by atoms with van der Waals surface area (Å²) >= 11 is 0. The van der Waals surface area contributed by atoms with E-state index >= 15 is 0 Å². The highest BCUT2D eigenvalue weighted by Crippen LogP contribution is 2.46. The Bertz CT molecular complexity index is 959. The van der Waals surface area contributed by atoms with Gasteiger partial charge >= 0.3 is 0 Å². The first kappa shape index (κ1) is 21.5. The number of Topliss-reactive ketones (excluding diaryl/α,β-unsaturated/α-hetero) is 1. The van der Waals surface area contributed by atoms with E-state index in [2.05, 4.69) is 45.9 Å². The quantitative estimate of drug-likeness (QED) is 0.585. The standard InChI is InChI=1S/C27H34O2/c1-17(20-8-10-21(11-9-20)19(3)28)18(2)25(29)22-12-13-23-24(16-22)27(6,7)15-14-26(23,4)5/h8-13,16,25,29H,14-15H2,1-7H3/b18-17+. The zero-order valence-corrected chi connectivity index (χ0v) is 18.9. The van der Waals surface area contributed by atoms with Crippen LogP contribution in [0.3, 0.4) is 0 Å². The number of ketones is 1. The molecule has 2 aromatic carbocycles. The molecule has 0 fully saturated rings. The van der Waals surface area contributed by atoms with Crippen molar-refractivity contribution in [3.05, 3.63) is 75.9 Å².